The SMILES string of the molecule is Clc1cnnc(-c2cccs2)c1. The average molecular weight is 197 g/mol. The van der Waals surface area contributed by atoms with Gasteiger partial charge in [0.15, 0.2) is 0 Å². The van der Waals surface area contributed by atoms with Crippen LogP contribution in [-0.4, -0.2) is 10.2 Å². The molecule has 2 rings (SSSR count). The standard InChI is InChI=1S/C8H5ClN2S/c9-6-4-7(11-10-5-6)8-2-1-3-12-8/h1-5H. The smallest absolute Gasteiger partial charge is 0.104 e. The highest BCUT2D eigenvalue weighted by molar-refractivity contribution is 7.13. The molecule has 2 heterocycles. The van der Waals surface area contributed by atoms with Crippen LogP contribution in [0.2, 0.25) is 5.02 Å². The molecule has 0 saturated heterocycles. The molecule has 0 aliphatic carbocycles. The van der Waals surface area contributed by atoms with Crippen molar-refractivity contribution in [2.24, 2.45) is 0 Å². The Morgan fingerprint density at radius 2 is 2.33 bits per heavy atom. The summed E-state index contributed by atoms with van der Waals surface area (Å²) in [7, 11) is 0. The predicted octanol–water partition coefficient (Wildman–Crippen LogP) is 2.86. The zero-order valence-corrected chi connectivity index (χ0v) is 7.64. The molecular weight excluding hydrogens is 192 g/mol. The first-order chi connectivity index (χ1) is 5.86. The topological polar surface area (TPSA) is 25.8 Å². The summed E-state index contributed by atoms with van der Waals surface area (Å²) in [5.74, 6) is 0. The van der Waals surface area contributed by atoms with E-state index in [-0.39, 0.29) is 0 Å². The molecule has 12 heavy (non-hydrogen) atoms. The molecule has 0 atom stereocenters. The van der Waals surface area contributed by atoms with E-state index in [1.165, 1.54) is 6.20 Å². The van der Waals surface area contributed by atoms with E-state index in [0.717, 1.165) is 10.6 Å². The molecule has 4 heteroatoms. The van der Waals surface area contributed by atoms with E-state index in [0.29, 0.717) is 5.02 Å². The molecule has 0 spiro atoms. The van der Waals surface area contributed by atoms with Gasteiger partial charge in [-0.25, -0.2) is 0 Å². The summed E-state index contributed by atoms with van der Waals surface area (Å²) in [4.78, 5) is 1.09. The molecular formula is C8H5ClN2S. The van der Waals surface area contributed by atoms with Gasteiger partial charge in [-0.05, 0) is 17.5 Å². The summed E-state index contributed by atoms with van der Waals surface area (Å²) in [5.41, 5.74) is 0.831. The third-order valence-electron chi connectivity index (χ3n) is 1.39. The first-order valence-electron chi connectivity index (χ1n) is 3.38. The molecule has 0 aromatic carbocycles. The third-order valence-corrected chi connectivity index (χ3v) is 2.49. The summed E-state index contributed by atoms with van der Waals surface area (Å²) >= 11 is 7.39. The van der Waals surface area contributed by atoms with Crippen LogP contribution in [0.1, 0.15) is 0 Å². The molecule has 2 aromatic heterocycles. The molecule has 0 radical (unpaired) electrons. The van der Waals surface area contributed by atoms with Crippen molar-refractivity contribution in [2.75, 3.05) is 0 Å². The number of thiophene rings is 1. The van der Waals surface area contributed by atoms with Crippen molar-refractivity contribution < 1.29 is 0 Å². The van der Waals surface area contributed by atoms with E-state index >= 15 is 0 Å². The lowest BCUT2D eigenvalue weighted by molar-refractivity contribution is 1.04. The Morgan fingerprint density at radius 1 is 1.42 bits per heavy atom. The maximum absolute atomic E-state index is 5.76. The quantitative estimate of drug-likeness (QED) is 0.701. The average Bonchev–Trinajstić information content (AvgIpc) is 2.56. The highest BCUT2D eigenvalue weighted by Crippen LogP contribution is 2.23. The molecule has 0 saturated carbocycles. The van der Waals surface area contributed by atoms with E-state index < -0.39 is 0 Å². The Bertz CT molecular complexity index is 372. The van der Waals surface area contributed by atoms with Crippen molar-refractivity contribution in [3.05, 3.63) is 34.8 Å². The Balaban J connectivity index is 2.48. The van der Waals surface area contributed by atoms with Crippen LogP contribution >= 0.6 is 22.9 Å². The summed E-state index contributed by atoms with van der Waals surface area (Å²) in [6, 6.07) is 5.77. The second-order valence-corrected chi connectivity index (χ2v) is 3.62. The molecule has 2 aromatic rings. The zero-order valence-electron chi connectivity index (χ0n) is 6.07. The van der Waals surface area contributed by atoms with Crippen molar-refractivity contribution in [3.63, 3.8) is 0 Å². The predicted molar refractivity (Wildman–Crippen MR) is 50.4 cm³/mol. The van der Waals surface area contributed by atoms with Gasteiger partial charge in [0.2, 0.25) is 0 Å². The fraction of sp³-hybridized carbons (Fsp3) is 0. The first-order valence-corrected chi connectivity index (χ1v) is 4.64. The van der Waals surface area contributed by atoms with E-state index in [1.807, 2.05) is 17.5 Å². The Hall–Kier alpha value is -0.930. The van der Waals surface area contributed by atoms with Crippen molar-refractivity contribution in [3.8, 4) is 10.6 Å². The van der Waals surface area contributed by atoms with Gasteiger partial charge in [0.05, 0.1) is 16.1 Å². The molecule has 0 amide bonds. The van der Waals surface area contributed by atoms with Crippen LogP contribution in [0.3, 0.4) is 0 Å². The molecule has 0 N–H and O–H groups in total. The van der Waals surface area contributed by atoms with Gasteiger partial charge in [0.25, 0.3) is 0 Å². The lowest BCUT2D eigenvalue weighted by Crippen LogP contribution is -1.83. The van der Waals surface area contributed by atoms with E-state index in [4.69, 9.17) is 11.6 Å². The molecule has 0 unspecified atom stereocenters. The second-order valence-electron chi connectivity index (χ2n) is 2.24. The number of nitrogens with zero attached hydrogens (tertiary/aromatic N) is 2. The largest absolute Gasteiger partial charge is 0.157 e. The molecule has 60 valence electrons. The normalized spacial score (nSPS) is 10.1. The summed E-state index contributed by atoms with van der Waals surface area (Å²) in [5, 5.41) is 10.3. The number of aromatic nitrogens is 2. The molecule has 0 aliphatic heterocycles. The minimum absolute atomic E-state index is 0.619. The highest BCUT2D eigenvalue weighted by Gasteiger charge is 2.00. The van der Waals surface area contributed by atoms with Crippen LogP contribution in [0.5, 0.6) is 0 Å². The van der Waals surface area contributed by atoms with Gasteiger partial charge < -0.3 is 0 Å². The number of hydrogen-bond donors (Lipinski definition) is 0. The molecule has 0 bridgehead atoms. The fourth-order valence-electron chi connectivity index (χ4n) is 0.888. The third kappa shape index (κ3) is 1.47. The van der Waals surface area contributed by atoms with Gasteiger partial charge in [-0.3, -0.25) is 0 Å². The van der Waals surface area contributed by atoms with Crippen LogP contribution in [0, 0.1) is 0 Å². The number of halogens is 1. The lowest BCUT2D eigenvalue weighted by Gasteiger charge is -1.93. The first kappa shape index (κ1) is 7.71. The number of hydrogen-bond acceptors (Lipinski definition) is 3. The van der Waals surface area contributed by atoms with Gasteiger partial charge in [-0.2, -0.15) is 5.10 Å². The van der Waals surface area contributed by atoms with Gasteiger partial charge in [0, 0.05) is 0 Å². The number of rotatable bonds is 1. The second kappa shape index (κ2) is 3.21. The summed E-state index contributed by atoms with van der Waals surface area (Å²) in [6.45, 7) is 0. The fourth-order valence-corrected chi connectivity index (χ4v) is 1.72. The van der Waals surface area contributed by atoms with Crippen molar-refractivity contribution in [2.45, 2.75) is 0 Å². The van der Waals surface area contributed by atoms with Gasteiger partial charge in [-0.15, -0.1) is 16.4 Å². The highest BCUT2D eigenvalue weighted by atomic mass is 35.5. The lowest BCUT2D eigenvalue weighted by atomic mass is 10.3. The Morgan fingerprint density at radius 3 is 3.00 bits per heavy atom. The minimum Gasteiger partial charge on any atom is -0.157 e. The molecule has 0 aliphatic rings. The summed E-state index contributed by atoms with van der Waals surface area (Å²) in [6.07, 6.45) is 1.53. The zero-order chi connectivity index (χ0) is 8.39. The van der Waals surface area contributed by atoms with Gasteiger partial charge in [0.1, 0.15) is 5.69 Å². The Kier molecular flexibility index (Phi) is 2.06. The minimum atomic E-state index is 0.619. The van der Waals surface area contributed by atoms with E-state index in [2.05, 4.69) is 10.2 Å². The molecule has 0 fully saturated rings. The van der Waals surface area contributed by atoms with Crippen molar-refractivity contribution in [1.82, 2.24) is 10.2 Å². The van der Waals surface area contributed by atoms with Crippen LogP contribution in [0.15, 0.2) is 29.8 Å². The van der Waals surface area contributed by atoms with Crippen LogP contribution in [-0.2, 0) is 0 Å². The molecule has 2 nitrogen and oxygen atoms in total. The van der Waals surface area contributed by atoms with E-state index in [1.54, 1.807) is 17.4 Å². The van der Waals surface area contributed by atoms with Crippen LogP contribution < -0.4 is 0 Å². The monoisotopic (exact) mass is 196 g/mol. The van der Waals surface area contributed by atoms with Crippen molar-refractivity contribution >= 4 is 22.9 Å². The van der Waals surface area contributed by atoms with Crippen LogP contribution in [0.25, 0.3) is 10.6 Å². The van der Waals surface area contributed by atoms with Crippen LogP contribution in [0.4, 0.5) is 0 Å². The van der Waals surface area contributed by atoms with E-state index in [9.17, 15) is 0 Å². The van der Waals surface area contributed by atoms with Gasteiger partial charge in [-0.1, -0.05) is 17.7 Å². The Labute approximate surface area is 78.8 Å². The maximum Gasteiger partial charge on any atom is 0.104 e. The maximum atomic E-state index is 5.76. The summed E-state index contributed by atoms with van der Waals surface area (Å²) < 4.78 is 0. The van der Waals surface area contributed by atoms with Gasteiger partial charge >= 0.3 is 0 Å². The van der Waals surface area contributed by atoms with Crippen molar-refractivity contribution in [1.29, 1.82) is 0 Å².